The van der Waals surface area contributed by atoms with Gasteiger partial charge in [0.15, 0.2) is 0 Å². The number of para-hydroxylation sites is 2. The van der Waals surface area contributed by atoms with E-state index in [0.717, 1.165) is 60.4 Å². The molecule has 1 amide bonds. The van der Waals surface area contributed by atoms with Crippen molar-refractivity contribution in [3.05, 3.63) is 82.9 Å². The van der Waals surface area contributed by atoms with Crippen LogP contribution in [0.3, 0.4) is 0 Å². The van der Waals surface area contributed by atoms with Gasteiger partial charge in [0.25, 0.3) is 5.91 Å². The Hall–Kier alpha value is -3.07. The Morgan fingerprint density at radius 3 is 2.61 bits per heavy atom. The maximum absolute atomic E-state index is 12.9. The Balaban J connectivity index is 1.20. The molecule has 0 radical (unpaired) electrons. The molecule has 0 saturated carbocycles. The van der Waals surface area contributed by atoms with Crippen LogP contribution in [-0.4, -0.2) is 53.5 Å². The summed E-state index contributed by atoms with van der Waals surface area (Å²) < 4.78 is 0. The summed E-state index contributed by atoms with van der Waals surface area (Å²) in [6.45, 7) is 4.94. The molecule has 1 aromatic carbocycles. The van der Waals surface area contributed by atoms with Crippen molar-refractivity contribution in [3.8, 4) is 9.88 Å². The van der Waals surface area contributed by atoms with Crippen LogP contribution in [-0.2, 0) is 6.42 Å². The zero-order chi connectivity index (χ0) is 22.5. The van der Waals surface area contributed by atoms with Gasteiger partial charge < -0.3 is 10.2 Å². The average Bonchev–Trinajstić information content (AvgIpc) is 3.57. The minimum Gasteiger partial charge on any atom is -0.367 e. The van der Waals surface area contributed by atoms with Crippen LogP contribution < -0.4 is 10.2 Å². The number of carbonyl (C=O) groups excluding carboxylic acids is 1. The second-order valence-corrected chi connectivity index (χ2v) is 9.89. The largest absolute Gasteiger partial charge is 0.367 e. The number of piperazine rings is 1. The van der Waals surface area contributed by atoms with Crippen molar-refractivity contribution in [2.45, 2.75) is 6.42 Å². The maximum atomic E-state index is 12.9. The van der Waals surface area contributed by atoms with E-state index in [1.807, 2.05) is 48.1 Å². The second-order valence-electron chi connectivity index (χ2n) is 7.91. The first-order chi connectivity index (χ1) is 16.3. The van der Waals surface area contributed by atoms with E-state index in [0.29, 0.717) is 4.88 Å². The van der Waals surface area contributed by atoms with Crippen molar-refractivity contribution in [2.24, 2.45) is 0 Å². The van der Waals surface area contributed by atoms with Gasteiger partial charge >= 0.3 is 0 Å². The molecule has 168 valence electrons. The number of hydrogen-bond acceptors (Lipinski definition) is 7. The van der Waals surface area contributed by atoms with E-state index in [1.165, 1.54) is 16.9 Å². The fraction of sp³-hybridized carbons (Fsp3) is 0.240. The normalized spacial score (nSPS) is 14.4. The molecule has 6 nitrogen and oxygen atoms in total. The molecule has 4 aromatic rings. The van der Waals surface area contributed by atoms with Crippen molar-refractivity contribution in [3.63, 3.8) is 0 Å². The summed E-state index contributed by atoms with van der Waals surface area (Å²) in [7, 11) is 0. The monoisotopic (exact) mass is 475 g/mol. The molecule has 0 atom stereocenters. The van der Waals surface area contributed by atoms with Gasteiger partial charge in [-0.3, -0.25) is 14.7 Å². The lowest BCUT2D eigenvalue weighted by molar-refractivity contribution is 0.103. The Bertz CT molecular complexity index is 1180. The predicted molar refractivity (Wildman–Crippen MR) is 136 cm³/mol. The third kappa shape index (κ3) is 5.30. The topological polar surface area (TPSA) is 61.4 Å². The summed E-state index contributed by atoms with van der Waals surface area (Å²) in [4.78, 5) is 28.0. The van der Waals surface area contributed by atoms with E-state index in [9.17, 15) is 4.79 Å². The average molecular weight is 476 g/mol. The zero-order valence-corrected chi connectivity index (χ0v) is 19.8. The Kier molecular flexibility index (Phi) is 6.76. The number of aromatic nitrogens is 2. The number of carbonyl (C=O) groups is 1. The zero-order valence-electron chi connectivity index (χ0n) is 18.2. The maximum Gasteiger partial charge on any atom is 0.267 e. The SMILES string of the molecule is O=C(Nc1ccccc1N1CCN(CCc2ccncc2)CC1)c1cnc(-c2cccs2)s1. The van der Waals surface area contributed by atoms with Crippen LogP contribution >= 0.6 is 22.7 Å². The van der Waals surface area contributed by atoms with Crippen LogP contribution in [0.25, 0.3) is 9.88 Å². The first kappa shape index (κ1) is 21.8. The highest BCUT2D eigenvalue weighted by atomic mass is 32.1. The van der Waals surface area contributed by atoms with Crippen molar-refractivity contribution in [1.82, 2.24) is 14.9 Å². The number of nitrogens with zero attached hydrogens (tertiary/aromatic N) is 4. The fourth-order valence-electron chi connectivity index (χ4n) is 3.98. The van der Waals surface area contributed by atoms with Crippen LogP contribution in [0.5, 0.6) is 0 Å². The minimum absolute atomic E-state index is 0.112. The molecule has 0 spiro atoms. The quantitative estimate of drug-likeness (QED) is 0.413. The van der Waals surface area contributed by atoms with Gasteiger partial charge in [0.1, 0.15) is 9.88 Å². The fourth-order valence-corrected chi connectivity index (χ4v) is 5.60. The number of rotatable bonds is 7. The summed E-state index contributed by atoms with van der Waals surface area (Å²) in [6, 6.07) is 16.3. The van der Waals surface area contributed by atoms with Crippen LogP contribution in [0.15, 0.2) is 72.5 Å². The lowest BCUT2D eigenvalue weighted by Crippen LogP contribution is -2.47. The van der Waals surface area contributed by atoms with Crippen molar-refractivity contribution < 1.29 is 4.79 Å². The highest BCUT2D eigenvalue weighted by molar-refractivity contribution is 7.22. The number of thiazole rings is 1. The number of nitrogens with one attached hydrogen (secondary N) is 1. The lowest BCUT2D eigenvalue weighted by Gasteiger charge is -2.37. The van der Waals surface area contributed by atoms with Gasteiger partial charge in [-0.2, -0.15) is 0 Å². The van der Waals surface area contributed by atoms with Gasteiger partial charge in [-0.1, -0.05) is 18.2 Å². The van der Waals surface area contributed by atoms with Gasteiger partial charge in [0.2, 0.25) is 0 Å². The predicted octanol–water partition coefficient (Wildman–Crippen LogP) is 4.88. The first-order valence-electron chi connectivity index (χ1n) is 11.0. The van der Waals surface area contributed by atoms with E-state index < -0.39 is 0 Å². The number of anilines is 2. The smallest absolute Gasteiger partial charge is 0.267 e. The standard InChI is InChI=1S/C25H25N5OS2/c31-24(23-18-27-25(33-23)22-6-3-17-32-22)28-20-4-1-2-5-21(20)30-15-13-29(14-16-30)12-9-19-7-10-26-11-8-19/h1-8,10-11,17-18H,9,12-16H2,(H,28,31). The summed E-state index contributed by atoms with van der Waals surface area (Å²) in [5.41, 5.74) is 3.24. The molecule has 33 heavy (non-hydrogen) atoms. The summed E-state index contributed by atoms with van der Waals surface area (Å²) in [6.07, 6.45) is 6.41. The molecular formula is C25H25N5OS2. The molecule has 8 heteroatoms. The van der Waals surface area contributed by atoms with Crippen LogP contribution in [0.4, 0.5) is 11.4 Å². The highest BCUT2D eigenvalue weighted by Gasteiger charge is 2.20. The molecule has 3 aromatic heterocycles. The van der Waals surface area contributed by atoms with Crippen LogP contribution in [0, 0.1) is 0 Å². The van der Waals surface area contributed by atoms with Crippen molar-refractivity contribution in [1.29, 1.82) is 0 Å². The first-order valence-corrected chi connectivity index (χ1v) is 12.7. The second kappa shape index (κ2) is 10.2. The molecule has 4 heterocycles. The van der Waals surface area contributed by atoms with Crippen molar-refractivity contribution >= 4 is 40.0 Å². The molecule has 5 rings (SSSR count). The van der Waals surface area contributed by atoms with E-state index >= 15 is 0 Å². The number of hydrogen-bond donors (Lipinski definition) is 1. The number of thiophene rings is 1. The van der Waals surface area contributed by atoms with Crippen LogP contribution in [0.1, 0.15) is 15.2 Å². The summed E-state index contributed by atoms with van der Waals surface area (Å²) >= 11 is 3.06. The molecule has 1 aliphatic heterocycles. The molecule has 1 aliphatic rings. The highest BCUT2D eigenvalue weighted by Crippen LogP contribution is 2.31. The molecule has 1 saturated heterocycles. The van der Waals surface area contributed by atoms with E-state index in [-0.39, 0.29) is 5.91 Å². The van der Waals surface area contributed by atoms with Gasteiger partial charge in [-0.05, 0) is 47.7 Å². The molecular weight excluding hydrogens is 450 g/mol. The Labute approximate surface area is 201 Å². The molecule has 1 N–H and O–H groups in total. The van der Waals surface area contributed by atoms with Crippen molar-refractivity contribution in [2.75, 3.05) is 42.9 Å². The number of amides is 1. The molecule has 1 fully saturated rings. The number of pyridine rings is 1. The third-order valence-corrected chi connectivity index (χ3v) is 7.83. The van der Waals surface area contributed by atoms with Crippen LogP contribution in [0.2, 0.25) is 0 Å². The number of benzene rings is 1. The molecule has 0 bridgehead atoms. The Morgan fingerprint density at radius 2 is 1.82 bits per heavy atom. The van der Waals surface area contributed by atoms with Gasteiger partial charge in [-0.25, -0.2) is 4.98 Å². The van der Waals surface area contributed by atoms with E-state index in [4.69, 9.17) is 0 Å². The summed E-state index contributed by atoms with van der Waals surface area (Å²) in [5.74, 6) is -0.112. The van der Waals surface area contributed by atoms with E-state index in [1.54, 1.807) is 17.5 Å². The Morgan fingerprint density at radius 1 is 1.00 bits per heavy atom. The van der Waals surface area contributed by atoms with Gasteiger partial charge in [0, 0.05) is 45.1 Å². The molecule has 0 unspecified atom stereocenters. The lowest BCUT2D eigenvalue weighted by atomic mass is 10.1. The van der Waals surface area contributed by atoms with Gasteiger partial charge in [0.05, 0.1) is 22.4 Å². The molecule has 0 aliphatic carbocycles. The van der Waals surface area contributed by atoms with E-state index in [2.05, 4.69) is 43.3 Å². The summed E-state index contributed by atoms with van der Waals surface area (Å²) in [5, 5.41) is 6.01. The third-order valence-electron chi connectivity index (χ3n) is 5.79. The minimum atomic E-state index is -0.112. The van der Waals surface area contributed by atoms with Gasteiger partial charge in [-0.15, -0.1) is 22.7 Å².